The van der Waals surface area contributed by atoms with Crippen molar-refractivity contribution in [2.45, 2.75) is 31.7 Å². The Bertz CT molecular complexity index is 1400. The Labute approximate surface area is 188 Å². The molecular weight excluding hydrogens is 452 g/mol. The molecule has 2 heterocycles. The molecule has 0 unspecified atom stereocenters. The molecule has 2 fully saturated rings. The number of hydrogen-bond donors (Lipinski definition) is 2. The van der Waals surface area contributed by atoms with E-state index >= 15 is 0 Å². The minimum Gasteiger partial charge on any atom is -0.346 e. The number of benzene rings is 1. The smallest absolute Gasteiger partial charge is 0.234 e. The fourth-order valence-electron chi connectivity index (χ4n) is 3.90. The van der Waals surface area contributed by atoms with Crippen LogP contribution in [-0.4, -0.2) is 36.6 Å². The van der Waals surface area contributed by atoms with E-state index in [1.807, 2.05) is 10.8 Å². The summed E-state index contributed by atoms with van der Waals surface area (Å²) in [4.78, 5) is 20.5. The molecule has 8 nitrogen and oxygen atoms in total. The highest BCUT2D eigenvalue weighted by Gasteiger charge is 2.47. The number of halogens is 2. The number of H-pyrrole nitrogens is 1. The van der Waals surface area contributed by atoms with Crippen molar-refractivity contribution >= 4 is 39.0 Å². The van der Waals surface area contributed by atoms with E-state index in [9.17, 15) is 22.0 Å². The van der Waals surface area contributed by atoms with E-state index in [0.717, 1.165) is 25.0 Å². The first kappa shape index (κ1) is 21.3. The lowest BCUT2D eigenvalue weighted by Gasteiger charge is -2.17. The van der Waals surface area contributed by atoms with Crippen LogP contribution in [0.3, 0.4) is 0 Å². The van der Waals surface area contributed by atoms with E-state index in [0.29, 0.717) is 41.7 Å². The zero-order valence-electron chi connectivity index (χ0n) is 17.3. The molecular formula is C22H19F2N5O3S. The lowest BCUT2D eigenvalue weighted by Crippen LogP contribution is -2.24. The predicted molar refractivity (Wildman–Crippen MR) is 118 cm³/mol. The molecule has 0 saturated heterocycles. The number of carbonyl (C=O) groups excluding carboxylic acids is 1. The van der Waals surface area contributed by atoms with Gasteiger partial charge >= 0.3 is 0 Å². The van der Waals surface area contributed by atoms with Crippen LogP contribution in [0.4, 0.5) is 20.3 Å². The minimum absolute atomic E-state index is 0.0451. The average molecular weight is 471 g/mol. The highest BCUT2D eigenvalue weighted by molar-refractivity contribution is 7.92. The first-order valence-electron chi connectivity index (χ1n) is 10.4. The van der Waals surface area contributed by atoms with E-state index < -0.39 is 38.5 Å². The van der Waals surface area contributed by atoms with Crippen LogP contribution >= 0.6 is 0 Å². The van der Waals surface area contributed by atoms with E-state index in [4.69, 9.17) is 5.26 Å². The van der Waals surface area contributed by atoms with Crippen LogP contribution < -0.4 is 9.62 Å². The van der Waals surface area contributed by atoms with Crippen LogP contribution in [0.1, 0.15) is 25.7 Å². The number of nitrogens with one attached hydrogen (secondary N) is 2. The Kier molecular flexibility index (Phi) is 4.86. The van der Waals surface area contributed by atoms with Gasteiger partial charge in [0.05, 0.1) is 17.2 Å². The number of nitriles is 1. The van der Waals surface area contributed by atoms with E-state index in [-0.39, 0.29) is 11.6 Å². The fraction of sp³-hybridized carbons (Fsp3) is 0.318. The maximum atomic E-state index is 14.9. The number of pyridine rings is 1. The SMILES string of the molecule is N#CC1(CS(=O)(=O)Nc2c(F)cc(-c3cc(N(C=O)C4CC4)nc4[nH]ccc34)cc2F)CC1. The van der Waals surface area contributed by atoms with Crippen molar-refractivity contribution in [3.8, 4) is 17.2 Å². The maximum absolute atomic E-state index is 14.9. The van der Waals surface area contributed by atoms with Crippen LogP contribution in [0, 0.1) is 28.4 Å². The number of nitrogens with zero attached hydrogens (tertiary/aromatic N) is 3. The third kappa shape index (κ3) is 4.02. The van der Waals surface area contributed by atoms with Crippen LogP contribution in [0.25, 0.3) is 22.2 Å². The highest BCUT2D eigenvalue weighted by atomic mass is 32.2. The molecule has 33 heavy (non-hydrogen) atoms. The van der Waals surface area contributed by atoms with E-state index in [1.54, 1.807) is 18.3 Å². The topological polar surface area (TPSA) is 119 Å². The zero-order valence-corrected chi connectivity index (χ0v) is 18.1. The van der Waals surface area contributed by atoms with E-state index in [1.165, 1.54) is 4.90 Å². The van der Waals surface area contributed by atoms with Gasteiger partial charge in [-0.15, -0.1) is 0 Å². The first-order valence-corrected chi connectivity index (χ1v) is 12.0. The van der Waals surface area contributed by atoms with Crippen molar-refractivity contribution in [2.75, 3.05) is 15.4 Å². The molecule has 1 amide bonds. The maximum Gasteiger partial charge on any atom is 0.234 e. The molecule has 0 atom stereocenters. The zero-order chi connectivity index (χ0) is 23.4. The molecule has 5 rings (SSSR count). The number of carbonyl (C=O) groups is 1. The summed E-state index contributed by atoms with van der Waals surface area (Å²) in [6.45, 7) is 0. The van der Waals surface area contributed by atoms with Crippen molar-refractivity contribution < 1.29 is 22.0 Å². The van der Waals surface area contributed by atoms with Gasteiger partial charge in [-0.1, -0.05) is 0 Å². The molecule has 3 aromatic rings. The Hall–Kier alpha value is -3.52. The summed E-state index contributed by atoms with van der Waals surface area (Å²) >= 11 is 0. The number of fused-ring (bicyclic) bond motifs is 1. The van der Waals surface area contributed by atoms with Crippen LogP contribution in [-0.2, 0) is 14.8 Å². The second kappa shape index (κ2) is 7.52. The number of aromatic nitrogens is 2. The van der Waals surface area contributed by atoms with Crippen LogP contribution in [0.2, 0.25) is 0 Å². The Morgan fingerprint density at radius 3 is 2.55 bits per heavy atom. The minimum atomic E-state index is -4.13. The standard InChI is InChI=1S/C22H19F2N5O3S/c23-17-7-13(8-18(24)20(17)28-33(31,32)11-22(10-25)4-5-22)16-9-19(29(12-30)14-1-2-14)27-21-15(16)3-6-26-21/h3,6-9,12,14,28H,1-2,4-5,11H2,(H,26,27). The lowest BCUT2D eigenvalue weighted by molar-refractivity contribution is -0.107. The summed E-state index contributed by atoms with van der Waals surface area (Å²) < 4.78 is 56.6. The third-order valence-electron chi connectivity index (χ3n) is 6.00. The molecule has 2 saturated carbocycles. The van der Waals surface area contributed by atoms with Gasteiger partial charge in [0.2, 0.25) is 16.4 Å². The number of hydrogen-bond acceptors (Lipinski definition) is 5. The largest absolute Gasteiger partial charge is 0.346 e. The number of anilines is 2. The van der Waals surface area contributed by atoms with Gasteiger partial charge < -0.3 is 4.98 Å². The molecule has 2 aromatic heterocycles. The summed E-state index contributed by atoms with van der Waals surface area (Å²) in [5.74, 6) is -2.34. The van der Waals surface area contributed by atoms with Gasteiger partial charge in [-0.3, -0.25) is 14.4 Å². The van der Waals surface area contributed by atoms with Gasteiger partial charge in [0, 0.05) is 17.6 Å². The fourth-order valence-corrected chi connectivity index (χ4v) is 5.55. The summed E-state index contributed by atoms with van der Waals surface area (Å²) in [5.41, 5.74) is -0.722. The monoisotopic (exact) mass is 471 g/mol. The summed E-state index contributed by atoms with van der Waals surface area (Å²) in [5, 5.41) is 9.72. The molecule has 0 aliphatic heterocycles. The van der Waals surface area contributed by atoms with Gasteiger partial charge in [0.1, 0.15) is 17.2 Å². The number of sulfonamides is 1. The molecule has 0 radical (unpaired) electrons. The normalized spacial score (nSPS) is 16.9. The van der Waals surface area contributed by atoms with Crippen molar-refractivity contribution in [1.82, 2.24) is 9.97 Å². The Balaban J connectivity index is 1.53. The predicted octanol–water partition coefficient (Wildman–Crippen LogP) is 3.68. The summed E-state index contributed by atoms with van der Waals surface area (Å²) in [7, 11) is -4.13. The molecule has 2 aliphatic rings. The lowest BCUT2D eigenvalue weighted by atomic mass is 10.0. The third-order valence-corrected chi connectivity index (χ3v) is 7.45. The van der Waals surface area contributed by atoms with Gasteiger partial charge in [-0.2, -0.15) is 5.26 Å². The van der Waals surface area contributed by atoms with Gasteiger partial charge in [-0.05, 0) is 61.1 Å². The van der Waals surface area contributed by atoms with Crippen molar-refractivity contribution in [3.05, 3.63) is 42.1 Å². The Morgan fingerprint density at radius 1 is 1.27 bits per heavy atom. The Morgan fingerprint density at radius 2 is 1.97 bits per heavy atom. The number of amides is 1. The van der Waals surface area contributed by atoms with E-state index in [2.05, 4.69) is 9.97 Å². The average Bonchev–Trinajstić information content (AvgIpc) is 3.69. The van der Waals surface area contributed by atoms with Crippen molar-refractivity contribution in [3.63, 3.8) is 0 Å². The van der Waals surface area contributed by atoms with Crippen molar-refractivity contribution in [2.24, 2.45) is 5.41 Å². The second-order valence-electron chi connectivity index (χ2n) is 8.58. The number of aromatic amines is 1. The molecule has 2 N–H and O–H groups in total. The molecule has 170 valence electrons. The van der Waals surface area contributed by atoms with Crippen molar-refractivity contribution in [1.29, 1.82) is 5.26 Å². The quantitative estimate of drug-likeness (QED) is 0.486. The molecule has 2 aliphatic carbocycles. The van der Waals surface area contributed by atoms with Gasteiger partial charge in [-0.25, -0.2) is 22.2 Å². The molecule has 0 bridgehead atoms. The highest BCUT2D eigenvalue weighted by Crippen LogP contribution is 2.46. The molecule has 11 heteroatoms. The van der Waals surface area contributed by atoms with Gasteiger partial charge in [0.25, 0.3) is 0 Å². The second-order valence-corrected chi connectivity index (χ2v) is 10.3. The summed E-state index contributed by atoms with van der Waals surface area (Å²) in [6.07, 6.45) is 4.89. The van der Waals surface area contributed by atoms with Crippen LogP contribution in [0.5, 0.6) is 0 Å². The summed E-state index contributed by atoms with van der Waals surface area (Å²) in [6, 6.07) is 7.36. The molecule has 1 aromatic carbocycles. The van der Waals surface area contributed by atoms with Gasteiger partial charge in [0.15, 0.2) is 11.6 Å². The first-order chi connectivity index (χ1) is 15.7. The number of rotatable bonds is 8. The molecule has 0 spiro atoms. The van der Waals surface area contributed by atoms with Crippen LogP contribution in [0.15, 0.2) is 30.5 Å².